The first-order valence-corrected chi connectivity index (χ1v) is 7.49. The van der Waals surface area contributed by atoms with Crippen molar-refractivity contribution in [2.45, 2.75) is 56.7 Å². The van der Waals surface area contributed by atoms with E-state index in [1.165, 1.54) is 12.8 Å². The van der Waals surface area contributed by atoms with Crippen LogP contribution in [0.3, 0.4) is 0 Å². The quantitative estimate of drug-likeness (QED) is 0.762. The van der Waals surface area contributed by atoms with Gasteiger partial charge in [0, 0.05) is 32.3 Å². The zero-order valence-corrected chi connectivity index (χ0v) is 11.9. The molecule has 2 atom stereocenters. The topological polar surface area (TPSA) is 67.6 Å². The van der Waals surface area contributed by atoms with Gasteiger partial charge in [-0.05, 0) is 25.7 Å². The van der Waals surface area contributed by atoms with Crippen LogP contribution in [-0.2, 0) is 9.53 Å². The maximum atomic E-state index is 12.1. The van der Waals surface area contributed by atoms with Crippen LogP contribution in [0.5, 0.6) is 0 Å². The smallest absolute Gasteiger partial charge is 0.234 e. The van der Waals surface area contributed by atoms with E-state index in [1.54, 1.807) is 7.11 Å². The Kier molecular flexibility index (Phi) is 5.60. The van der Waals surface area contributed by atoms with Crippen LogP contribution in [0.2, 0.25) is 0 Å². The normalized spacial score (nSPS) is 29.6. The number of piperidine rings is 1. The predicted molar refractivity (Wildman–Crippen MR) is 74.8 cm³/mol. The van der Waals surface area contributed by atoms with Crippen LogP contribution in [0.1, 0.15) is 38.5 Å². The first kappa shape index (κ1) is 14.8. The molecule has 0 aromatic rings. The molecular weight excluding hydrogens is 242 g/mol. The molecule has 1 aliphatic heterocycles. The summed E-state index contributed by atoms with van der Waals surface area (Å²) in [5.74, 6) is 0.154. The Balaban J connectivity index is 1.78. The SMILES string of the molecule is COC1CCN(CC(=O)NC2CCCC2)C(CN)C1. The Morgan fingerprint density at radius 3 is 2.74 bits per heavy atom. The number of rotatable bonds is 5. The lowest BCUT2D eigenvalue weighted by atomic mass is 9.99. The maximum absolute atomic E-state index is 12.1. The van der Waals surface area contributed by atoms with E-state index >= 15 is 0 Å². The largest absolute Gasteiger partial charge is 0.381 e. The molecule has 0 radical (unpaired) electrons. The number of nitrogens with zero attached hydrogens (tertiary/aromatic N) is 1. The number of ether oxygens (including phenoxy) is 1. The van der Waals surface area contributed by atoms with Crippen LogP contribution in [0.15, 0.2) is 0 Å². The van der Waals surface area contributed by atoms with E-state index in [1.807, 2.05) is 0 Å². The highest BCUT2D eigenvalue weighted by Crippen LogP contribution is 2.20. The lowest BCUT2D eigenvalue weighted by molar-refractivity contribution is -0.124. The molecule has 2 unspecified atom stereocenters. The number of methoxy groups -OCH3 is 1. The zero-order chi connectivity index (χ0) is 13.7. The van der Waals surface area contributed by atoms with Gasteiger partial charge in [0.25, 0.3) is 0 Å². The minimum absolute atomic E-state index is 0.154. The minimum atomic E-state index is 0.154. The van der Waals surface area contributed by atoms with Gasteiger partial charge in [0.05, 0.1) is 12.6 Å². The average Bonchev–Trinajstić information content (AvgIpc) is 2.91. The lowest BCUT2D eigenvalue weighted by Gasteiger charge is -2.38. The van der Waals surface area contributed by atoms with E-state index < -0.39 is 0 Å². The summed E-state index contributed by atoms with van der Waals surface area (Å²) in [6.07, 6.45) is 6.98. The number of amides is 1. The van der Waals surface area contributed by atoms with Gasteiger partial charge in [-0.1, -0.05) is 12.8 Å². The summed E-state index contributed by atoms with van der Waals surface area (Å²) in [6, 6.07) is 0.674. The molecule has 1 aliphatic carbocycles. The third-order valence-electron chi connectivity index (χ3n) is 4.46. The fraction of sp³-hybridized carbons (Fsp3) is 0.929. The highest BCUT2D eigenvalue weighted by molar-refractivity contribution is 5.78. The summed E-state index contributed by atoms with van der Waals surface area (Å²) < 4.78 is 5.40. The van der Waals surface area contributed by atoms with E-state index in [0.29, 0.717) is 25.2 Å². The molecule has 5 heteroatoms. The molecule has 1 saturated carbocycles. The third-order valence-corrected chi connectivity index (χ3v) is 4.46. The highest BCUT2D eigenvalue weighted by atomic mass is 16.5. The molecule has 19 heavy (non-hydrogen) atoms. The number of nitrogens with one attached hydrogen (secondary N) is 1. The van der Waals surface area contributed by atoms with E-state index in [9.17, 15) is 4.79 Å². The van der Waals surface area contributed by atoms with Crippen LogP contribution in [0, 0.1) is 0 Å². The summed E-state index contributed by atoms with van der Waals surface area (Å²) in [5.41, 5.74) is 5.82. The Hall–Kier alpha value is -0.650. The zero-order valence-electron chi connectivity index (χ0n) is 11.9. The predicted octanol–water partition coefficient (Wildman–Crippen LogP) is 0.483. The molecule has 2 fully saturated rings. The second-order valence-corrected chi connectivity index (χ2v) is 5.79. The van der Waals surface area contributed by atoms with Gasteiger partial charge in [-0.3, -0.25) is 9.69 Å². The number of likely N-dealkylation sites (tertiary alicyclic amines) is 1. The molecule has 1 heterocycles. The van der Waals surface area contributed by atoms with Crippen molar-refractivity contribution in [1.29, 1.82) is 0 Å². The average molecular weight is 269 g/mol. The summed E-state index contributed by atoms with van der Waals surface area (Å²) in [6.45, 7) is 1.98. The Morgan fingerprint density at radius 1 is 1.37 bits per heavy atom. The Labute approximate surface area is 115 Å². The molecule has 3 N–H and O–H groups in total. The molecule has 110 valence electrons. The van der Waals surface area contributed by atoms with E-state index in [2.05, 4.69) is 10.2 Å². The fourth-order valence-electron chi connectivity index (χ4n) is 3.26. The van der Waals surface area contributed by atoms with Crippen LogP contribution < -0.4 is 11.1 Å². The van der Waals surface area contributed by atoms with Gasteiger partial charge in [-0.25, -0.2) is 0 Å². The van der Waals surface area contributed by atoms with Gasteiger partial charge in [0.15, 0.2) is 0 Å². The second kappa shape index (κ2) is 7.22. The summed E-state index contributed by atoms with van der Waals surface area (Å²) in [4.78, 5) is 14.3. The molecule has 1 amide bonds. The molecule has 2 rings (SSSR count). The summed E-state index contributed by atoms with van der Waals surface area (Å²) in [7, 11) is 1.75. The first-order chi connectivity index (χ1) is 9.22. The molecular formula is C14H27N3O2. The Morgan fingerprint density at radius 2 is 2.11 bits per heavy atom. The van der Waals surface area contributed by atoms with Gasteiger partial charge >= 0.3 is 0 Å². The third kappa shape index (κ3) is 4.16. The van der Waals surface area contributed by atoms with Crippen molar-refractivity contribution >= 4 is 5.91 Å². The summed E-state index contributed by atoms with van der Waals surface area (Å²) >= 11 is 0. The molecule has 0 bridgehead atoms. The molecule has 2 aliphatic rings. The maximum Gasteiger partial charge on any atom is 0.234 e. The van der Waals surface area contributed by atoms with Crippen molar-refractivity contribution in [2.75, 3.05) is 26.7 Å². The lowest BCUT2D eigenvalue weighted by Crippen LogP contribution is -2.52. The van der Waals surface area contributed by atoms with Crippen LogP contribution >= 0.6 is 0 Å². The van der Waals surface area contributed by atoms with Crippen LogP contribution in [0.4, 0.5) is 0 Å². The van der Waals surface area contributed by atoms with Crippen molar-refractivity contribution in [3.05, 3.63) is 0 Å². The monoisotopic (exact) mass is 269 g/mol. The number of carbonyl (C=O) groups excluding carboxylic acids is 1. The molecule has 0 aromatic heterocycles. The van der Waals surface area contributed by atoms with Crippen molar-refractivity contribution in [3.8, 4) is 0 Å². The van der Waals surface area contributed by atoms with Gasteiger partial charge in [-0.2, -0.15) is 0 Å². The van der Waals surface area contributed by atoms with Crippen molar-refractivity contribution in [3.63, 3.8) is 0 Å². The summed E-state index contributed by atoms with van der Waals surface area (Å²) in [5, 5.41) is 3.14. The van der Waals surface area contributed by atoms with Gasteiger partial charge < -0.3 is 15.8 Å². The van der Waals surface area contributed by atoms with Crippen LogP contribution in [0.25, 0.3) is 0 Å². The van der Waals surface area contributed by atoms with E-state index in [0.717, 1.165) is 32.2 Å². The molecule has 5 nitrogen and oxygen atoms in total. The van der Waals surface area contributed by atoms with Crippen LogP contribution in [-0.4, -0.2) is 55.7 Å². The van der Waals surface area contributed by atoms with Crippen molar-refractivity contribution in [2.24, 2.45) is 5.73 Å². The first-order valence-electron chi connectivity index (χ1n) is 7.49. The van der Waals surface area contributed by atoms with Gasteiger partial charge in [0.1, 0.15) is 0 Å². The molecule has 0 aromatic carbocycles. The van der Waals surface area contributed by atoms with Crippen molar-refractivity contribution in [1.82, 2.24) is 10.2 Å². The highest BCUT2D eigenvalue weighted by Gasteiger charge is 2.29. The fourth-order valence-corrected chi connectivity index (χ4v) is 3.26. The molecule has 1 saturated heterocycles. The standard InChI is InChI=1S/C14H27N3O2/c1-19-13-6-7-17(12(8-13)9-15)10-14(18)16-11-4-2-3-5-11/h11-13H,2-10,15H2,1H3,(H,16,18). The number of hydrogen-bond acceptors (Lipinski definition) is 4. The Bertz CT molecular complexity index is 292. The number of nitrogens with two attached hydrogens (primary N) is 1. The minimum Gasteiger partial charge on any atom is -0.381 e. The molecule has 0 spiro atoms. The van der Waals surface area contributed by atoms with Gasteiger partial charge in [-0.15, -0.1) is 0 Å². The number of carbonyl (C=O) groups is 1. The van der Waals surface area contributed by atoms with Gasteiger partial charge in [0.2, 0.25) is 5.91 Å². The second-order valence-electron chi connectivity index (χ2n) is 5.79. The number of hydrogen-bond donors (Lipinski definition) is 2. The van der Waals surface area contributed by atoms with E-state index in [4.69, 9.17) is 10.5 Å². The van der Waals surface area contributed by atoms with E-state index in [-0.39, 0.29) is 11.9 Å². The van der Waals surface area contributed by atoms with Crippen molar-refractivity contribution < 1.29 is 9.53 Å².